The van der Waals surface area contributed by atoms with E-state index in [0.717, 1.165) is 66.5 Å². The summed E-state index contributed by atoms with van der Waals surface area (Å²) in [5, 5.41) is 8.28. The number of nitrogens with zero attached hydrogens (tertiary/aromatic N) is 4. The summed E-state index contributed by atoms with van der Waals surface area (Å²) in [5.74, 6) is 0. The van der Waals surface area contributed by atoms with Gasteiger partial charge in [-0.25, -0.2) is 9.97 Å². The zero-order valence-corrected chi connectivity index (χ0v) is 33.6. The van der Waals surface area contributed by atoms with Crippen LogP contribution in [0.5, 0.6) is 0 Å². The third kappa shape index (κ3) is 5.20. The molecule has 288 valence electrons. The lowest BCUT2D eigenvalue weighted by atomic mass is 9.95. The second-order valence-electron chi connectivity index (χ2n) is 16.1. The Kier molecular flexibility index (Phi) is 7.57. The van der Waals surface area contributed by atoms with Crippen LogP contribution in [0.3, 0.4) is 0 Å². The summed E-state index contributed by atoms with van der Waals surface area (Å²) in [6.45, 7) is 0. The number of benzene rings is 9. The highest BCUT2D eigenvalue weighted by Crippen LogP contribution is 2.42. The molecule has 0 bridgehead atoms. The Hall–Kier alpha value is -8.34. The van der Waals surface area contributed by atoms with Crippen molar-refractivity contribution in [3.8, 4) is 44.9 Å². The number of hydrogen-bond acceptors (Lipinski definition) is 2. The zero-order valence-electron chi connectivity index (χ0n) is 33.6. The first-order chi connectivity index (χ1) is 30.8. The van der Waals surface area contributed by atoms with Gasteiger partial charge in [-0.15, -0.1) is 0 Å². The normalized spacial score (nSPS) is 11.9. The largest absolute Gasteiger partial charge is 0.307 e. The maximum atomic E-state index is 5.36. The van der Waals surface area contributed by atoms with Gasteiger partial charge in [-0.2, -0.15) is 0 Å². The molecule has 0 fully saturated rings. The fourth-order valence-electron chi connectivity index (χ4n) is 9.89. The Morgan fingerprint density at radius 1 is 0.306 bits per heavy atom. The predicted molar refractivity (Wildman–Crippen MR) is 260 cm³/mol. The number of pyridine rings is 2. The van der Waals surface area contributed by atoms with Crippen LogP contribution in [0.25, 0.3) is 121 Å². The quantitative estimate of drug-likeness (QED) is 0.129. The van der Waals surface area contributed by atoms with Gasteiger partial charge in [-0.1, -0.05) is 164 Å². The highest BCUT2D eigenvalue weighted by atomic mass is 15.0. The van der Waals surface area contributed by atoms with Gasteiger partial charge in [-0.3, -0.25) is 0 Å². The van der Waals surface area contributed by atoms with E-state index in [1.54, 1.807) is 0 Å². The van der Waals surface area contributed by atoms with Gasteiger partial charge in [0.1, 0.15) is 0 Å². The minimum Gasteiger partial charge on any atom is -0.307 e. The molecule has 0 amide bonds. The fourth-order valence-corrected chi connectivity index (χ4v) is 9.89. The van der Waals surface area contributed by atoms with E-state index in [1.807, 2.05) is 0 Å². The minimum absolute atomic E-state index is 0.907. The second-order valence-corrected chi connectivity index (χ2v) is 16.1. The van der Waals surface area contributed by atoms with Crippen LogP contribution in [0.2, 0.25) is 0 Å². The van der Waals surface area contributed by atoms with Crippen LogP contribution in [0.1, 0.15) is 0 Å². The van der Waals surface area contributed by atoms with Crippen molar-refractivity contribution >= 4 is 76.3 Å². The molecule has 0 aliphatic carbocycles. The monoisotopic (exact) mass is 788 g/mol. The van der Waals surface area contributed by atoms with Crippen LogP contribution in [0.4, 0.5) is 0 Å². The van der Waals surface area contributed by atoms with Crippen LogP contribution < -0.4 is 0 Å². The molecule has 0 saturated carbocycles. The van der Waals surface area contributed by atoms with Gasteiger partial charge in [0.2, 0.25) is 0 Å². The van der Waals surface area contributed by atoms with E-state index in [2.05, 4.69) is 228 Å². The van der Waals surface area contributed by atoms with E-state index in [0.29, 0.717) is 0 Å². The molecule has 4 aromatic heterocycles. The number of aromatic nitrogens is 4. The molecule has 13 rings (SSSR count). The minimum atomic E-state index is 0.907. The average Bonchev–Trinajstić information content (AvgIpc) is 3.87. The van der Waals surface area contributed by atoms with E-state index < -0.39 is 0 Å². The Morgan fingerprint density at radius 3 is 1.56 bits per heavy atom. The van der Waals surface area contributed by atoms with Gasteiger partial charge in [-0.05, 0) is 71.3 Å². The summed E-state index contributed by atoms with van der Waals surface area (Å²) in [5.41, 5.74) is 16.5. The van der Waals surface area contributed by atoms with Gasteiger partial charge in [0.15, 0.2) is 0 Å². The molecule has 0 aliphatic rings. The van der Waals surface area contributed by atoms with Crippen molar-refractivity contribution in [2.24, 2.45) is 0 Å². The molecule has 9 aromatic carbocycles. The van der Waals surface area contributed by atoms with Crippen molar-refractivity contribution in [2.75, 3.05) is 0 Å². The molecule has 0 unspecified atom stereocenters. The van der Waals surface area contributed by atoms with Crippen LogP contribution in [-0.4, -0.2) is 19.1 Å². The molecule has 0 atom stereocenters. The zero-order chi connectivity index (χ0) is 40.7. The fraction of sp³-hybridized carbons (Fsp3) is 0. The summed E-state index contributed by atoms with van der Waals surface area (Å²) >= 11 is 0. The van der Waals surface area contributed by atoms with E-state index in [4.69, 9.17) is 9.97 Å². The molecular weight excluding hydrogens is 753 g/mol. The van der Waals surface area contributed by atoms with Crippen molar-refractivity contribution in [1.82, 2.24) is 19.1 Å². The molecule has 4 nitrogen and oxygen atoms in total. The lowest BCUT2D eigenvalue weighted by molar-refractivity contribution is 1.15. The SMILES string of the molecule is c1ccc(-c2c3ccccc3nc3c2ccc2ccc(-c4cccc(-c5ccc(-n6c7ccccc7c7ccc8c9ccccc9n(-c9ccccc9)c8c76)cc5)c4)nc23)cc1. The summed E-state index contributed by atoms with van der Waals surface area (Å²) in [7, 11) is 0. The molecule has 62 heavy (non-hydrogen) atoms. The maximum absolute atomic E-state index is 5.36. The van der Waals surface area contributed by atoms with Crippen molar-refractivity contribution < 1.29 is 0 Å². The average molecular weight is 789 g/mol. The topological polar surface area (TPSA) is 35.6 Å². The lowest BCUT2D eigenvalue weighted by Crippen LogP contribution is -1.98. The standard InChI is InChI=1S/C58H36N4/c1-3-14-38(15-4-1)54-48-22-7-10-23-51(48)60-56-49(54)32-28-39-29-35-50(59-55(39)56)41-17-13-16-40(36-41)37-26-30-43(31-27-37)62-53-25-12-9-21-45(53)47-34-33-46-44-20-8-11-24-52(44)61(57(46)58(47)62)42-18-5-2-6-19-42/h1-36H. The molecule has 0 N–H and O–H groups in total. The van der Waals surface area contributed by atoms with Gasteiger partial charge in [0.05, 0.1) is 44.3 Å². The van der Waals surface area contributed by atoms with E-state index in [9.17, 15) is 0 Å². The predicted octanol–water partition coefficient (Wildman–Crippen LogP) is 15.1. The Balaban J connectivity index is 0.946. The van der Waals surface area contributed by atoms with Crippen molar-refractivity contribution in [3.05, 3.63) is 218 Å². The van der Waals surface area contributed by atoms with Gasteiger partial charge < -0.3 is 9.13 Å². The molecule has 13 aromatic rings. The summed E-state index contributed by atoms with van der Waals surface area (Å²) < 4.78 is 4.89. The van der Waals surface area contributed by atoms with Crippen molar-refractivity contribution in [3.63, 3.8) is 0 Å². The lowest BCUT2D eigenvalue weighted by Gasteiger charge is -2.14. The molecule has 4 heteroatoms. The third-order valence-corrected chi connectivity index (χ3v) is 12.7. The Morgan fingerprint density at radius 2 is 0.855 bits per heavy atom. The molecule has 4 heterocycles. The molecule has 0 radical (unpaired) electrons. The highest BCUT2D eigenvalue weighted by molar-refractivity contribution is 6.24. The number of rotatable bonds is 5. The molecule has 0 spiro atoms. The number of fused-ring (bicyclic) bond motifs is 11. The van der Waals surface area contributed by atoms with E-state index in [-0.39, 0.29) is 0 Å². The summed E-state index contributed by atoms with van der Waals surface area (Å²) in [6.07, 6.45) is 0. The third-order valence-electron chi connectivity index (χ3n) is 12.7. The second kappa shape index (κ2) is 13.6. The van der Waals surface area contributed by atoms with Gasteiger partial charge in [0, 0.05) is 60.2 Å². The highest BCUT2D eigenvalue weighted by Gasteiger charge is 2.21. The Labute approximate surface area is 357 Å². The van der Waals surface area contributed by atoms with Crippen LogP contribution in [0, 0.1) is 0 Å². The van der Waals surface area contributed by atoms with Crippen molar-refractivity contribution in [2.45, 2.75) is 0 Å². The molecule has 0 saturated heterocycles. The van der Waals surface area contributed by atoms with E-state index >= 15 is 0 Å². The van der Waals surface area contributed by atoms with Crippen molar-refractivity contribution in [1.29, 1.82) is 0 Å². The van der Waals surface area contributed by atoms with Crippen LogP contribution >= 0.6 is 0 Å². The first-order valence-corrected chi connectivity index (χ1v) is 21.2. The van der Waals surface area contributed by atoms with Crippen LogP contribution in [0.15, 0.2) is 218 Å². The summed E-state index contributed by atoms with van der Waals surface area (Å²) in [4.78, 5) is 10.6. The first kappa shape index (κ1) is 34.5. The van der Waals surface area contributed by atoms with Gasteiger partial charge in [0.25, 0.3) is 0 Å². The maximum Gasteiger partial charge on any atom is 0.0978 e. The van der Waals surface area contributed by atoms with Gasteiger partial charge >= 0.3 is 0 Å². The number of para-hydroxylation sites is 4. The van der Waals surface area contributed by atoms with E-state index in [1.165, 1.54) is 54.7 Å². The van der Waals surface area contributed by atoms with Crippen LogP contribution in [-0.2, 0) is 0 Å². The Bertz CT molecular complexity index is 3900. The smallest absolute Gasteiger partial charge is 0.0978 e. The number of hydrogen-bond donors (Lipinski definition) is 0. The molecular formula is C58H36N4. The first-order valence-electron chi connectivity index (χ1n) is 21.2. The summed E-state index contributed by atoms with van der Waals surface area (Å²) in [6, 6.07) is 78.4. The molecule has 0 aliphatic heterocycles.